The van der Waals surface area contributed by atoms with Crippen molar-refractivity contribution in [1.29, 1.82) is 0 Å². The molecule has 0 saturated heterocycles. The highest BCUT2D eigenvalue weighted by atomic mass is 79.9. The van der Waals surface area contributed by atoms with Gasteiger partial charge in [0.1, 0.15) is 17.3 Å². The molecule has 1 aliphatic heterocycles. The van der Waals surface area contributed by atoms with Crippen LogP contribution < -0.4 is 4.74 Å². The van der Waals surface area contributed by atoms with Gasteiger partial charge in [-0.15, -0.1) is 11.8 Å². The minimum absolute atomic E-state index is 0.155. The maximum absolute atomic E-state index is 13.4. The lowest BCUT2D eigenvalue weighted by Gasteiger charge is -2.10. The lowest BCUT2D eigenvalue weighted by atomic mass is 10.1. The standard InChI is InChI=1S/C16H9BrClFO2S/c17-14-11(21-10-6-8(18)5-9(19)7-10)1-2-12-13(14)15(20)16(22-12)3-4-16/h1-2,5-7H,3-4H2. The van der Waals surface area contributed by atoms with E-state index in [4.69, 9.17) is 16.3 Å². The topological polar surface area (TPSA) is 26.3 Å². The number of ether oxygens (including phenoxy) is 1. The number of hydrogen-bond donors (Lipinski definition) is 0. The van der Waals surface area contributed by atoms with Crippen LogP contribution in [-0.2, 0) is 0 Å². The Balaban J connectivity index is 1.72. The van der Waals surface area contributed by atoms with E-state index >= 15 is 0 Å². The molecule has 2 nitrogen and oxygen atoms in total. The molecule has 1 fully saturated rings. The Hall–Kier alpha value is -1.04. The Labute approximate surface area is 144 Å². The fraction of sp³-hybridized carbons (Fsp3) is 0.188. The summed E-state index contributed by atoms with van der Waals surface area (Å²) in [4.78, 5) is 13.5. The fourth-order valence-electron chi connectivity index (χ4n) is 2.56. The number of fused-ring (bicyclic) bond motifs is 1. The molecule has 6 heteroatoms. The lowest BCUT2D eigenvalue weighted by molar-refractivity contribution is 0.0982. The molecule has 0 amide bonds. The minimum Gasteiger partial charge on any atom is -0.456 e. The second-order valence-corrected chi connectivity index (χ2v) is 8.04. The molecular formula is C16H9BrClFO2S. The van der Waals surface area contributed by atoms with Gasteiger partial charge in [0, 0.05) is 16.0 Å². The van der Waals surface area contributed by atoms with Gasteiger partial charge < -0.3 is 4.74 Å². The SMILES string of the molecule is O=C1c2c(ccc(Oc3cc(F)cc(Cl)c3)c2Br)SC12CC2. The fourth-order valence-corrected chi connectivity index (χ4v) is 4.86. The zero-order valence-electron chi connectivity index (χ0n) is 11.2. The third-order valence-electron chi connectivity index (χ3n) is 3.78. The molecular weight excluding hydrogens is 391 g/mol. The van der Waals surface area contributed by atoms with Crippen molar-refractivity contribution in [1.82, 2.24) is 0 Å². The number of carbonyl (C=O) groups is 1. The molecule has 1 spiro atoms. The van der Waals surface area contributed by atoms with Crippen molar-refractivity contribution >= 4 is 45.1 Å². The minimum atomic E-state index is -0.469. The summed E-state index contributed by atoms with van der Waals surface area (Å²) in [5.41, 5.74) is 0.669. The predicted molar refractivity (Wildman–Crippen MR) is 87.8 cm³/mol. The zero-order valence-corrected chi connectivity index (χ0v) is 14.3. The summed E-state index contributed by atoms with van der Waals surface area (Å²) in [7, 11) is 0. The van der Waals surface area contributed by atoms with Gasteiger partial charge >= 0.3 is 0 Å². The highest BCUT2D eigenvalue weighted by molar-refractivity contribution is 9.10. The van der Waals surface area contributed by atoms with E-state index in [1.54, 1.807) is 17.8 Å². The molecule has 0 radical (unpaired) electrons. The van der Waals surface area contributed by atoms with Gasteiger partial charge in [0.15, 0.2) is 5.78 Å². The number of ketones is 1. The molecule has 0 bridgehead atoms. The second-order valence-electron chi connectivity index (χ2n) is 5.38. The van der Waals surface area contributed by atoms with Crippen molar-refractivity contribution in [2.24, 2.45) is 0 Å². The van der Waals surface area contributed by atoms with Crippen LogP contribution in [0, 0.1) is 5.82 Å². The Morgan fingerprint density at radius 1 is 1.27 bits per heavy atom. The summed E-state index contributed by atoms with van der Waals surface area (Å²) < 4.78 is 19.5. The summed E-state index contributed by atoms with van der Waals surface area (Å²) in [6, 6.07) is 7.66. The van der Waals surface area contributed by atoms with Crippen molar-refractivity contribution < 1.29 is 13.9 Å². The van der Waals surface area contributed by atoms with Crippen LogP contribution in [0.15, 0.2) is 39.7 Å². The lowest BCUT2D eigenvalue weighted by Crippen LogP contribution is -2.12. The van der Waals surface area contributed by atoms with Crippen LogP contribution in [0.4, 0.5) is 4.39 Å². The average molecular weight is 400 g/mol. The Morgan fingerprint density at radius 3 is 2.73 bits per heavy atom. The Morgan fingerprint density at radius 2 is 2.05 bits per heavy atom. The van der Waals surface area contributed by atoms with Crippen molar-refractivity contribution in [3.8, 4) is 11.5 Å². The van der Waals surface area contributed by atoms with E-state index in [1.165, 1.54) is 18.2 Å². The molecule has 2 aromatic carbocycles. The van der Waals surface area contributed by atoms with E-state index in [1.807, 2.05) is 6.07 Å². The molecule has 1 saturated carbocycles. The number of carbonyl (C=O) groups excluding carboxylic acids is 1. The van der Waals surface area contributed by atoms with E-state index in [0.717, 1.165) is 17.7 Å². The highest BCUT2D eigenvalue weighted by Gasteiger charge is 2.56. The number of hydrogen-bond acceptors (Lipinski definition) is 3. The number of Topliss-reactive ketones (excluding diaryl/α,β-unsaturated/α-hetero) is 1. The van der Waals surface area contributed by atoms with Crippen molar-refractivity contribution in [2.45, 2.75) is 22.5 Å². The molecule has 22 heavy (non-hydrogen) atoms. The second kappa shape index (κ2) is 4.98. The first kappa shape index (κ1) is 14.5. The molecule has 2 aromatic rings. The third kappa shape index (κ3) is 2.27. The van der Waals surface area contributed by atoms with Crippen molar-refractivity contribution in [2.75, 3.05) is 0 Å². The van der Waals surface area contributed by atoms with Crippen molar-refractivity contribution in [3.63, 3.8) is 0 Å². The van der Waals surface area contributed by atoms with Crippen molar-refractivity contribution in [3.05, 3.63) is 51.2 Å². The quantitative estimate of drug-likeness (QED) is 0.633. The van der Waals surface area contributed by atoms with Gasteiger partial charge in [0.05, 0.1) is 14.8 Å². The van der Waals surface area contributed by atoms with Gasteiger partial charge in [-0.2, -0.15) is 0 Å². The van der Waals surface area contributed by atoms with E-state index in [0.29, 0.717) is 21.5 Å². The normalized spacial score (nSPS) is 17.7. The summed E-state index contributed by atoms with van der Waals surface area (Å²) >= 11 is 10.9. The summed E-state index contributed by atoms with van der Waals surface area (Å²) in [5, 5.41) is 0.260. The Bertz CT molecular complexity index is 800. The van der Waals surface area contributed by atoms with Crippen LogP contribution in [0.2, 0.25) is 5.02 Å². The average Bonchev–Trinajstić information content (AvgIpc) is 3.15. The monoisotopic (exact) mass is 398 g/mol. The van der Waals surface area contributed by atoms with E-state index in [2.05, 4.69) is 15.9 Å². The molecule has 1 aliphatic carbocycles. The molecule has 1 heterocycles. The maximum Gasteiger partial charge on any atom is 0.181 e. The van der Waals surface area contributed by atoms with E-state index < -0.39 is 5.82 Å². The first-order valence-electron chi connectivity index (χ1n) is 6.69. The van der Waals surface area contributed by atoms with Gasteiger partial charge in [-0.25, -0.2) is 4.39 Å². The molecule has 0 aromatic heterocycles. The maximum atomic E-state index is 13.4. The van der Waals surface area contributed by atoms with E-state index in [-0.39, 0.29) is 15.6 Å². The van der Waals surface area contributed by atoms with Gasteiger partial charge in [0.2, 0.25) is 0 Å². The summed E-state index contributed by atoms with van der Waals surface area (Å²) in [5.74, 6) is 0.461. The predicted octanol–water partition coefficient (Wildman–Crippen LogP) is 5.85. The van der Waals surface area contributed by atoms with Crippen LogP contribution in [0.5, 0.6) is 11.5 Å². The number of benzene rings is 2. The molecule has 2 aliphatic rings. The first-order chi connectivity index (χ1) is 10.5. The third-order valence-corrected chi connectivity index (χ3v) is 6.33. The summed E-state index contributed by atoms with van der Waals surface area (Å²) in [6.45, 7) is 0. The van der Waals surface area contributed by atoms with Crippen LogP contribution in [0.1, 0.15) is 23.2 Å². The van der Waals surface area contributed by atoms with Crippen LogP contribution in [0.25, 0.3) is 0 Å². The first-order valence-corrected chi connectivity index (χ1v) is 8.67. The highest BCUT2D eigenvalue weighted by Crippen LogP contribution is 2.61. The molecule has 4 rings (SSSR count). The molecule has 0 atom stereocenters. The smallest absolute Gasteiger partial charge is 0.181 e. The van der Waals surface area contributed by atoms with Gasteiger partial charge in [-0.1, -0.05) is 11.6 Å². The van der Waals surface area contributed by atoms with Gasteiger partial charge in [-0.3, -0.25) is 4.79 Å². The molecule has 0 unspecified atom stereocenters. The van der Waals surface area contributed by atoms with Crippen LogP contribution >= 0.6 is 39.3 Å². The summed E-state index contributed by atoms with van der Waals surface area (Å²) in [6.07, 6.45) is 1.85. The number of thioether (sulfide) groups is 1. The molecule has 112 valence electrons. The van der Waals surface area contributed by atoms with Gasteiger partial charge in [-0.05, 0) is 53.0 Å². The van der Waals surface area contributed by atoms with Crippen LogP contribution in [-0.4, -0.2) is 10.5 Å². The van der Waals surface area contributed by atoms with E-state index in [9.17, 15) is 9.18 Å². The van der Waals surface area contributed by atoms with Gasteiger partial charge in [0.25, 0.3) is 0 Å². The Kier molecular flexibility index (Phi) is 3.29. The number of halogens is 3. The molecule has 0 N–H and O–H groups in total. The number of rotatable bonds is 2. The largest absolute Gasteiger partial charge is 0.456 e. The van der Waals surface area contributed by atoms with Crippen LogP contribution in [0.3, 0.4) is 0 Å². The zero-order chi connectivity index (χ0) is 15.5.